The topological polar surface area (TPSA) is 35.2 Å². The van der Waals surface area contributed by atoms with Crippen LogP contribution < -0.4 is 10.5 Å². The van der Waals surface area contributed by atoms with Crippen molar-refractivity contribution in [3.8, 4) is 5.75 Å². The van der Waals surface area contributed by atoms with Gasteiger partial charge in [-0.2, -0.15) is 0 Å². The quantitative estimate of drug-likeness (QED) is 0.939. The Morgan fingerprint density at radius 2 is 1.89 bits per heavy atom. The van der Waals surface area contributed by atoms with Crippen LogP contribution in [0, 0.1) is 5.82 Å². The normalized spacial score (nSPS) is 12.2. The van der Waals surface area contributed by atoms with E-state index in [1.165, 1.54) is 6.07 Å². The summed E-state index contributed by atoms with van der Waals surface area (Å²) in [4.78, 5) is 0. The lowest BCUT2D eigenvalue weighted by Gasteiger charge is -2.15. The van der Waals surface area contributed by atoms with Gasteiger partial charge in [-0.05, 0) is 23.8 Å². The minimum atomic E-state index is -0.508. The van der Waals surface area contributed by atoms with Gasteiger partial charge in [0.15, 0.2) is 0 Å². The molecule has 1 atom stereocenters. The molecule has 18 heavy (non-hydrogen) atoms. The van der Waals surface area contributed by atoms with Crippen molar-refractivity contribution in [2.75, 3.05) is 7.11 Å². The van der Waals surface area contributed by atoms with Gasteiger partial charge >= 0.3 is 0 Å². The molecule has 0 saturated carbocycles. The smallest absolute Gasteiger partial charge is 0.128 e. The highest BCUT2D eigenvalue weighted by atomic mass is 79.9. The molecular weight excluding hydrogens is 297 g/mol. The summed E-state index contributed by atoms with van der Waals surface area (Å²) in [5, 5.41) is 0. The lowest BCUT2D eigenvalue weighted by molar-refractivity contribution is 0.414. The van der Waals surface area contributed by atoms with E-state index in [9.17, 15) is 4.39 Å². The molecule has 2 aromatic carbocycles. The largest absolute Gasteiger partial charge is 0.497 e. The van der Waals surface area contributed by atoms with Gasteiger partial charge in [0.25, 0.3) is 0 Å². The van der Waals surface area contributed by atoms with Crippen molar-refractivity contribution in [1.29, 1.82) is 0 Å². The fraction of sp³-hybridized carbons (Fsp3) is 0.143. The third-order valence-electron chi connectivity index (χ3n) is 2.78. The molecule has 0 aromatic heterocycles. The molecule has 0 fully saturated rings. The first-order valence-corrected chi connectivity index (χ1v) is 6.26. The second-order valence-corrected chi connectivity index (χ2v) is 4.74. The van der Waals surface area contributed by atoms with E-state index in [1.807, 2.05) is 12.1 Å². The van der Waals surface area contributed by atoms with E-state index in [2.05, 4.69) is 15.9 Å². The van der Waals surface area contributed by atoms with Crippen LogP contribution in [-0.4, -0.2) is 7.11 Å². The number of rotatable bonds is 3. The molecule has 2 N–H and O–H groups in total. The van der Waals surface area contributed by atoms with Crippen molar-refractivity contribution in [3.05, 3.63) is 63.9 Å². The van der Waals surface area contributed by atoms with Crippen molar-refractivity contribution in [2.45, 2.75) is 6.04 Å². The Hall–Kier alpha value is -1.39. The molecule has 0 spiro atoms. The first kappa shape index (κ1) is 13.1. The zero-order valence-corrected chi connectivity index (χ0v) is 11.4. The van der Waals surface area contributed by atoms with Gasteiger partial charge in [0.1, 0.15) is 11.6 Å². The molecule has 0 radical (unpaired) electrons. The Bertz CT molecular complexity index is 559. The minimum absolute atomic E-state index is 0.298. The first-order valence-electron chi connectivity index (χ1n) is 5.47. The molecule has 0 aliphatic heterocycles. The van der Waals surface area contributed by atoms with Crippen molar-refractivity contribution >= 4 is 15.9 Å². The maximum absolute atomic E-state index is 13.7. The molecule has 1 unspecified atom stereocenters. The highest BCUT2D eigenvalue weighted by Crippen LogP contribution is 2.30. The van der Waals surface area contributed by atoms with Crippen LogP contribution in [0.5, 0.6) is 5.75 Å². The number of benzene rings is 2. The van der Waals surface area contributed by atoms with Crippen LogP contribution in [-0.2, 0) is 0 Å². The number of nitrogens with two attached hydrogens (primary N) is 1. The summed E-state index contributed by atoms with van der Waals surface area (Å²) in [6.07, 6.45) is 0. The van der Waals surface area contributed by atoms with E-state index < -0.39 is 6.04 Å². The number of hydrogen-bond acceptors (Lipinski definition) is 2. The van der Waals surface area contributed by atoms with Crippen LogP contribution in [0.3, 0.4) is 0 Å². The van der Waals surface area contributed by atoms with Crippen LogP contribution in [0.15, 0.2) is 46.9 Å². The van der Waals surface area contributed by atoms with E-state index in [1.54, 1.807) is 31.4 Å². The van der Waals surface area contributed by atoms with Gasteiger partial charge in [-0.25, -0.2) is 4.39 Å². The first-order chi connectivity index (χ1) is 8.63. The van der Waals surface area contributed by atoms with E-state index in [-0.39, 0.29) is 5.82 Å². The Balaban J connectivity index is 2.40. The number of methoxy groups -OCH3 is 1. The standard InChI is InChI=1S/C14H13BrFNO/c1-18-9-6-7-10(12(15)8-9)14(17)11-4-2-3-5-13(11)16/h2-8,14H,17H2,1H3. The Labute approximate surface area is 114 Å². The molecule has 0 saturated heterocycles. The summed E-state index contributed by atoms with van der Waals surface area (Å²) < 4.78 is 19.6. The van der Waals surface area contributed by atoms with Crippen molar-refractivity contribution in [3.63, 3.8) is 0 Å². The Kier molecular flexibility index (Phi) is 3.99. The Morgan fingerprint density at radius 3 is 2.50 bits per heavy atom. The molecule has 0 aliphatic carbocycles. The molecule has 0 heterocycles. The molecular formula is C14H13BrFNO. The van der Waals surface area contributed by atoms with Gasteiger partial charge < -0.3 is 10.5 Å². The zero-order valence-electron chi connectivity index (χ0n) is 9.86. The van der Waals surface area contributed by atoms with Gasteiger partial charge in [-0.15, -0.1) is 0 Å². The molecule has 94 valence electrons. The summed E-state index contributed by atoms with van der Waals surface area (Å²) >= 11 is 3.43. The van der Waals surface area contributed by atoms with Crippen LogP contribution in [0.25, 0.3) is 0 Å². The second kappa shape index (κ2) is 5.50. The molecule has 4 heteroatoms. The maximum atomic E-state index is 13.7. The summed E-state index contributed by atoms with van der Waals surface area (Å²) in [7, 11) is 1.60. The minimum Gasteiger partial charge on any atom is -0.497 e. The molecule has 2 nitrogen and oxygen atoms in total. The van der Waals surface area contributed by atoms with E-state index >= 15 is 0 Å². The average molecular weight is 310 g/mol. The van der Waals surface area contributed by atoms with Crippen LogP contribution in [0.2, 0.25) is 0 Å². The molecule has 0 amide bonds. The average Bonchev–Trinajstić information content (AvgIpc) is 2.38. The zero-order chi connectivity index (χ0) is 13.1. The van der Waals surface area contributed by atoms with Gasteiger partial charge in [0.05, 0.1) is 13.2 Å². The predicted molar refractivity (Wildman–Crippen MR) is 73.1 cm³/mol. The van der Waals surface area contributed by atoms with Gasteiger partial charge in [0.2, 0.25) is 0 Å². The molecule has 2 rings (SSSR count). The molecule has 2 aromatic rings. The fourth-order valence-electron chi connectivity index (χ4n) is 1.78. The third kappa shape index (κ3) is 2.54. The predicted octanol–water partition coefficient (Wildman–Crippen LogP) is 3.64. The lowest BCUT2D eigenvalue weighted by atomic mass is 9.99. The summed E-state index contributed by atoms with van der Waals surface area (Å²) in [6, 6.07) is 11.5. The number of halogens is 2. The summed E-state index contributed by atoms with van der Waals surface area (Å²) in [5.41, 5.74) is 7.39. The number of ether oxygens (including phenoxy) is 1. The van der Waals surface area contributed by atoms with E-state index in [0.717, 1.165) is 15.8 Å². The summed E-state index contributed by atoms with van der Waals surface area (Å²) in [5.74, 6) is 0.430. The molecule has 0 aliphatic rings. The van der Waals surface area contributed by atoms with Crippen molar-refractivity contribution in [2.24, 2.45) is 5.73 Å². The van der Waals surface area contributed by atoms with Gasteiger partial charge in [-0.1, -0.05) is 40.2 Å². The van der Waals surface area contributed by atoms with Crippen LogP contribution in [0.1, 0.15) is 17.2 Å². The monoisotopic (exact) mass is 309 g/mol. The van der Waals surface area contributed by atoms with Crippen LogP contribution in [0.4, 0.5) is 4.39 Å². The maximum Gasteiger partial charge on any atom is 0.128 e. The number of hydrogen-bond donors (Lipinski definition) is 1. The van der Waals surface area contributed by atoms with E-state index in [0.29, 0.717) is 5.56 Å². The third-order valence-corrected chi connectivity index (χ3v) is 3.47. The highest BCUT2D eigenvalue weighted by molar-refractivity contribution is 9.10. The van der Waals surface area contributed by atoms with Gasteiger partial charge in [-0.3, -0.25) is 0 Å². The second-order valence-electron chi connectivity index (χ2n) is 3.89. The van der Waals surface area contributed by atoms with E-state index in [4.69, 9.17) is 10.5 Å². The van der Waals surface area contributed by atoms with Crippen LogP contribution >= 0.6 is 15.9 Å². The highest BCUT2D eigenvalue weighted by Gasteiger charge is 2.15. The summed E-state index contributed by atoms with van der Waals surface area (Å²) in [6.45, 7) is 0. The van der Waals surface area contributed by atoms with Crippen molar-refractivity contribution in [1.82, 2.24) is 0 Å². The lowest BCUT2D eigenvalue weighted by Crippen LogP contribution is -2.14. The van der Waals surface area contributed by atoms with Crippen molar-refractivity contribution < 1.29 is 9.13 Å². The Morgan fingerprint density at radius 1 is 1.17 bits per heavy atom. The van der Waals surface area contributed by atoms with Gasteiger partial charge in [0, 0.05) is 10.0 Å². The fourth-order valence-corrected chi connectivity index (χ4v) is 2.39. The SMILES string of the molecule is COc1ccc(C(N)c2ccccc2F)c(Br)c1. The molecule has 0 bridgehead atoms.